The summed E-state index contributed by atoms with van der Waals surface area (Å²) in [7, 11) is 2.05. The molecule has 6 aromatic rings. The van der Waals surface area contributed by atoms with Gasteiger partial charge < -0.3 is 19.3 Å². The monoisotopic (exact) mass is 725 g/mol. The number of anilines is 1. The van der Waals surface area contributed by atoms with Gasteiger partial charge in [0.15, 0.2) is 6.29 Å². The third-order valence-electron chi connectivity index (χ3n) is 9.50. The van der Waals surface area contributed by atoms with Crippen molar-refractivity contribution >= 4 is 63.0 Å². The van der Waals surface area contributed by atoms with Crippen molar-refractivity contribution in [3.8, 4) is 16.9 Å². The predicted molar refractivity (Wildman–Crippen MR) is 205 cm³/mol. The number of aldehydes is 1. The Balaban J connectivity index is 1.37. The van der Waals surface area contributed by atoms with E-state index in [1.54, 1.807) is 6.20 Å². The third-order valence-corrected chi connectivity index (χ3v) is 10.4. The van der Waals surface area contributed by atoms with E-state index in [9.17, 15) is 14.7 Å². The highest BCUT2D eigenvalue weighted by atomic mass is 35.5. The number of ether oxygens (including phenoxy) is 1. The van der Waals surface area contributed by atoms with E-state index in [4.69, 9.17) is 27.9 Å². The van der Waals surface area contributed by atoms with Crippen LogP contribution in [0.3, 0.4) is 0 Å². The van der Waals surface area contributed by atoms with E-state index < -0.39 is 5.97 Å². The van der Waals surface area contributed by atoms with Crippen molar-refractivity contribution in [1.29, 1.82) is 0 Å². The number of carbonyl (C=O) groups is 2. The molecule has 0 amide bonds. The number of carbonyl (C=O) groups excluding carboxylic acids is 1. The maximum Gasteiger partial charge on any atom is 0.325 e. The number of aromatic nitrogens is 4. The van der Waals surface area contributed by atoms with Gasteiger partial charge in [-0.05, 0) is 94.0 Å². The summed E-state index contributed by atoms with van der Waals surface area (Å²) in [6.45, 7) is 9.07. The lowest BCUT2D eigenvalue weighted by Crippen LogP contribution is -2.21. The Morgan fingerprint density at radius 2 is 1.75 bits per heavy atom. The molecule has 6 rings (SSSR count). The molecule has 0 saturated carbocycles. The number of fused-ring (bicyclic) bond motifs is 2. The van der Waals surface area contributed by atoms with Crippen molar-refractivity contribution in [1.82, 2.24) is 19.3 Å². The minimum atomic E-state index is -0.984. The van der Waals surface area contributed by atoms with Crippen LogP contribution in [-0.4, -0.2) is 56.9 Å². The summed E-state index contributed by atoms with van der Waals surface area (Å²) < 4.78 is 9.70. The Bertz CT molecular complexity index is 2250. The minimum Gasteiger partial charge on any atom is -0.494 e. The molecule has 0 aliphatic heterocycles. The zero-order chi connectivity index (χ0) is 36.4. The fraction of sp³-hybridized carbons (Fsp3) is 0.300. The first kappa shape index (κ1) is 35.9. The van der Waals surface area contributed by atoms with Crippen LogP contribution < -0.4 is 9.64 Å². The first-order valence-electron chi connectivity index (χ1n) is 17.0. The van der Waals surface area contributed by atoms with Crippen molar-refractivity contribution < 1.29 is 19.4 Å². The van der Waals surface area contributed by atoms with E-state index in [1.165, 1.54) is 4.68 Å². The molecule has 3 aromatic carbocycles. The number of benzene rings is 3. The molecule has 0 atom stereocenters. The molecule has 0 unspecified atom stereocenters. The number of nitrogens with zero attached hydrogens (tertiary/aromatic N) is 5. The Labute approximate surface area is 307 Å². The lowest BCUT2D eigenvalue weighted by Gasteiger charge is -2.21. The van der Waals surface area contributed by atoms with Crippen LogP contribution in [-0.2, 0) is 24.3 Å². The summed E-state index contributed by atoms with van der Waals surface area (Å²) in [5.41, 5.74) is 9.10. The number of aryl methyl sites for hydroxylation is 5. The van der Waals surface area contributed by atoms with Gasteiger partial charge in [-0.15, -0.1) is 0 Å². The summed E-state index contributed by atoms with van der Waals surface area (Å²) in [6.07, 6.45) is 4.74. The number of carboxylic acids is 1. The van der Waals surface area contributed by atoms with Gasteiger partial charge in [-0.3, -0.25) is 19.3 Å². The van der Waals surface area contributed by atoms with Crippen LogP contribution in [0.1, 0.15) is 51.4 Å². The lowest BCUT2D eigenvalue weighted by molar-refractivity contribution is -0.137. The quantitative estimate of drug-likeness (QED) is 0.0883. The van der Waals surface area contributed by atoms with Gasteiger partial charge in [-0.25, -0.2) is 0 Å². The van der Waals surface area contributed by atoms with E-state index in [1.807, 2.05) is 64.1 Å². The molecule has 0 spiro atoms. The molecule has 0 aliphatic rings. The zero-order valence-electron chi connectivity index (χ0n) is 29.5. The summed E-state index contributed by atoms with van der Waals surface area (Å²) in [6, 6.07) is 17.9. The number of rotatable bonds is 14. The molecule has 1 N–H and O–H groups in total. The van der Waals surface area contributed by atoms with Crippen molar-refractivity contribution in [3.63, 3.8) is 0 Å². The molecule has 0 saturated heterocycles. The molecule has 3 heterocycles. The van der Waals surface area contributed by atoms with E-state index in [-0.39, 0.29) is 6.54 Å². The molecule has 11 heteroatoms. The van der Waals surface area contributed by atoms with Crippen LogP contribution in [0.25, 0.3) is 32.9 Å². The summed E-state index contributed by atoms with van der Waals surface area (Å²) >= 11 is 13.4. The predicted octanol–water partition coefficient (Wildman–Crippen LogP) is 9.03. The molecule has 0 fully saturated rings. The number of halogens is 2. The Hall–Kier alpha value is -4.86. The molecule has 9 nitrogen and oxygen atoms in total. The van der Waals surface area contributed by atoms with Gasteiger partial charge in [-0.1, -0.05) is 47.5 Å². The molecular weight excluding hydrogens is 685 g/mol. The van der Waals surface area contributed by atoms with Crippen LogP contribution in [0.2, 0.25) is 10.0 Å². The van der Waals surface area contributed by atoms with Crippen molar-refractivity contribution in [2.75, 3.05) is 25.1 Å². The van der Waals surface area contributed by atoms with Crippen LogP contribution in [0.5, 0.6) is 5.75 Å². The first-order chi connectivity index (χ1) is 24.5. The topological polar surface area (TPSA) is 102 Å². The maximum atomic E-state index is 13.0. The number of para-hydroxylation sites is 1. The second-order valence-electron chi connectivity index (χ2n) is 13.0. The number of hydrogen-bond donors (Lipinski definition) is 1. The lowest BCUT2D eigenvalue weighted by atomic mass is 9.98. The average Bonchev–Trinajstić information content (AvgIpc) is 3.55. The maximum absolute atomic E-state index is 13.0. The number of pyridine rings is 1. The Morgan fingerprint density at radius 1 is 1.00 bits per heavy atom. The van der Waals surface area contributed by atoms with E-state index in [0.29, 0.717) is 54.6 Å². The minimum absolute atomic E-state index is 0.270. The summed E-state index contributed by atoms with van der Waals surface area (Å²) in [4.78, 5) is 31.5. The molecular formula is C40H41Cl2N5O4. The Morgan fingerprint density at radius 3 is 2.47 bits per heavy atom. The van der Waals surface area contributed by atoms with E-state index in [0.717, 1.165) is 78.8 Å². The van der Waals surface area contributed by atoms with Gasteiger partial charge in [0.25, 0.3) is 0 Å². The Kier molecular flexibility index (Phi) is 10.7. The fourth-order valence-corrected chi connectivity index (χ4v) is 7.49. The second-order valence-corrected chi connectivity index (χ2v) is 13.8. The van der Waals surface area contributed by atoms with Crippen molar-refractivity contribution in [2.24, 2.45) is 0 Å². The molecule has 51 heavy (non-hydrogen) atoms. The van der Waals surface area contributed by atoms with Crippen LogP contribution in [0, 0.1) is 27.7 Å². The van der Waals surface area contributed by atoms with E-state index >= 15 is 0 Å². The highest BCUT2D eigenvalue weighted by Gasteiger charge is 2.26. The SMILES string of the molecule is Cc1cc(OCCCc2c(C=O)n(CCCN(C)c3cccc4cccnc34)c3c(-c4c(C)nn(CC(=O)O)c4C)c(Cl)ccc23)cc(C)c1Cl. The first-order valence-corrected chi connectivity index (χ1v) is 17.7. The summed E-state index contributed by atoms with van der Waals surface area (Å²) in [5, 5.41) is 17.3. The van der Waals surface area contributed by atoms with Gasteiger partial charge in [0.2, 0.25) is 0 Å². The molecule has 0 radical (unpaired) electrons. The van der Waals surface area contributed by atoms with Crippen LogP contribution in [0.4, 0.5) is 5.69 Å². The van der Waals surface area contributed by atoms with Crippen LogP contribution in [0.15, 0.2) is 60.8 Å². The fourth-order valence-electron chi connectivity index (χ4n) is 7.13. The number of aliphatic carboxylic acids is 1. The molecule has 264 valence electrons. The average molecular weight is 727 g/mol. The highest BCUT2D eigenvalue weighted by Crippen LogP contribution is 2.42. The summed E-state index contributed by atoms with van der Waals surface area (Å²) in [5.74, 6) is -0.224. The highest BCUT2D eigenvalue weighted by molar-refractivity contribution is 6.35. The largest absolute Gasteiger partial charge is 0.494 e. The van der Waals surface area contributed by atoms with Gasteiger partial charge in [0, 0.05) is 58.9 Å². The number of hydrogen-bond acceptors (Lipinski definition) is 6. The second kappa shape index (κ2) is 15.2. The van der Waals surface area contributed by atoms with Crippen LogP contribution >= 0.6 is 23.2 Å². The van der Waals surface area contributed by atoms with Gasteiger partial charge in [0.05, 0.1) is 39.7 Å². The van der Waals surface area contributed by atoms with Gasteiger partial charge >= 0.3 is 5.97 Å². The van der Waals surface area contributed by atoms with Gasteiger partial charge in [0.1, 0.15) is 12.3 Å². The normalized spacial score (nSPS) is 11.4. The molecule has 0 bridgehead atoms. The van der Waals surface area contributed by atoms with E-state index in [2.05, 4.69) is 44.8 Å². The third kappa shape index (κ3) is 7.18. The van der Waals surface area contributed by atoms with Gasteiger partial charge in [-0.2, -0.15) is 5.10 Å². The molecule has 3 aromatic heterocycles. The van der Waals surface area contributed by atoms with Crippen molar-refractivity contribution in [2.45, 2.75) is 60.0 Å². The van der Waals surface area contributed by atoms with Crippen molar-refractivity contribution in [3.05, 3.63) is 105 Å². The standard InChI is InChI=1S/C40H41Cl2N5O4/c1-24-20-29(21-25(2)38(24)42)51-19-8-12-30-31-14-15-32(41)37(36-26(3)44-47(27(36)4)22-35(49)50)40(31)46(34(30)23-48)18-9-17-45(5)33-13-6-10-28-11-7-16-43-39(28)33/h6-7,10-11,13-16,20-21,23H,8-9,12,17-19,22H2,1-5H3,(H,49,50). The number of carboxylic acid groups (broad SMARTS) is 1. The zero-order valence-corrected chi connectivity index (χ0v) is 31.0. The molecule has 0 aliphatic carbocycles. The smallest absolute Gasteiger partial charge is 0.325 e.